The molecule has 0 fully saturated rings. The molecule has 4 heteroatoms. The number of allylic oxidation sites excluding steroid dienone is 2. The Labute approximate surface area is 90.6 Å². The van der Waals surface area contributed by atoms with Gasteiger partial charge in [0.2, 0.25) is 11.8 Å². The van der Waals surface area contributed by atoms with E-state index in [2.05, 4.69) is 5.32 Å². The lowest BCUT2D eigenvalue weighted by Crippen LogP contribution is -2.39. The van der Waals surface area contributed by atoms with Gasteiger partial charge in [-0.2, -0.15) is 0 Å². The first-order valence-corrected chi connectivity index (χ1v) is 4.97. The van der Waals surface area contributed by atoms with Gasteiger partial charge in [-0.3, -0.25) is 9.59 Å². The molecule has 0 saturated carbocycles. The average molecular weight is 210 g/mol. The Morgan fingerprint density at radius 2 is 1.80 bits per heavy atom. The summed E-state index contributed by atoms with van der Waals surface area (Å²) in [5.74, 6) is -0.287. The summed E-state index contributed by atoms with van der Waals surface area (Å²) in [7, 11) is 0. The van der Waals surface area contributed by atoms with Crippen molar-refractivity contribution in [2.24, 2.45) is 0 Å². The second-order valence-electron chi connectivity index (χ2n) is 2.89. The van der Waals surface area contributed by atoms with Gasteiger partial charge >= 0.3 is 0 Å². The molecule has 0 aliphatic carbocycles. The number of nitrogens with one attached hydrogen (secondary N) is 1. The van der Waals surface area contributed by atoms with E-state index in [4.69, 9.17) is 0 Å². The van der Waals surface area contributed by atoms with Gasteiger partial charge in [-0.1, -0.05) is 12.2 Å². The number of likely N-dealkylation sites (N-methyl/N-ethyl adjacent to an activating group) is 1. The Morgan fingerprint density at radius 3 is 2.27 bits per heavy atom. The molecule has 0 aromatic heterocycles. The van der Waals surface area contributed by atoms with Crippen LogP contribution in [0.3, 0.4) is 0 Å². The Balaban J connectivity index is 4.11. The van der Waals surface area contributed by atoms with Crippen LogP contribution >= 0.6 is 0 Å². The van der Waals surface area contributed by atoms with E-state index in [1.54, 1.807) is 30.9 Å². The molecule has 0 unspecified atom stereocenters. The van der Waals surface area contributed by atoms with Crippen LogP contribution < -0.4 is 5.32 Å². The largest absolute Gasteiger partial charge is 0.335 e. The van der Waals surface area contributed by atoms with Crippen molar-refractivity contribution in [2.75, 3.05) is 13.2 Å². The molecule has 0 aromatic rings. The molecular formula is C11H18N2O2. The van der Waals surface area contributed by atoms with E-state index in [0.717, 1.165) is 0 Å². The Bertz CT molecular complexity index is 270. The van der Waals surface area contributed by atoms with Crippen molar-refractivity contribution in [2.45, 2.75) is 20.8 Å². The highest BCUT2D eigenvalue weighted by Gasteiger charge is 2.07. The fourth-order valence-electron chi connectivity index (χ4n) is 0.977. The molecule has 15 heavy (non-hydrogen) atoms. The molecule has 0 radical (unpaired) electrons. The third-order valence-corrected chi connectivity index (χ3v) is 1.76. The Kier molecular flexibility index (Phi) is 6.97. The predicted octanol–water partition coefficient (Wildman–Crippen LogP) is 1.06. The highest BCUT2D eigenvalue weighted by atomic mass is 16.2. The fraction of sp³-hybridized carbons (Fsp3) is 0.455. The first-order valence-electron chi connectivity index (χ1n) is 4.97. The maximum Gasteiger partial charge on any atom is 0.247 e. The molecule has 0 spiro atoms. The zero-order valence-electron chi connectivity index (χ0n) is 9.49. The van der Waals surface area contributed by atoms with Gasteiger partial charge in [0, 0.05) is 6.54 Å². The smallest absolute Gasteiger partial charge is 0.247 e. The quantitative estimate of drug-likeness (QED) is 0.545. The summed E-state index contributed by atoms with van der Waals surface area (Å²) in [4.78, 5) is 24.0. The summed E-state index contributed by atoms with van der Waals surface area (Å²) >= 11 is 0. The highest BCUT2D eigenvalue weighted by molar-refractivity contribution is 5.89. The van der Waals surface area contributed by atoms with E-state index >= 15 is 0 Å². The molecule has 4 nitrogen and oxygen atoms in total. The minimum Gasteiger partial charge on any atom is -0.335 e. The monoisotopic (exact) mass is 210 g/mol. The summed E-state index contributed by atoms with van der Waals surface area (Å²) in [5.41, 5.74) is 0. The summed E-state index contributed by atoms with van der Waals surface area (Å²) in [6, 6.07) is 0. The molecule has 0 bridgehead atoms. The number of carbonyl (C=O) groups is 2. The van der Waals surface area contributed by atoms with Crippen LogP contribution in [0.25, 0.3) is 0 Å². The van der Waals surface area contributed by atoms with Crippen molar-refractivity contribution in [1.82, 2.24) is 10.2 Å². The van der Waals surface area contributed by atoms with Crippen LogP contribution in [0.1, 0.15) is 20.8 Å². The molecule has 84 valence electrons. The average Bonchev–Trinajstić information content (AvgIpc) is 2.19. The summed E-state index contributed by atoms with van der Waals surface area (Å²) in [6.45, 7) is 6.22. The second kappa shape index (κ2) is 7.79. The van der Waals surface area contributed by atoms with E-state index in [-0.39, 0.29) is 18.5 Å². The van der Waals surface area contributed by atoms with Gasteiger partial charge in [-0.15, -0.1) is 0 Å². The molecule has 0 aliphatic rings. The topological polar surface area (TPSA) is 49.4 Å². The van der Waals surface area contributed by atoms with Gasteiger partial charge in [0.05, 0.1) is 6.67 Å². The highest BCUT2D eigenvalue weighted by Crippen LogP contribution is 1.89. The van der Waals surface area contributed by atoms with Crippen LogP contribution in [0.15, 0.2) is 24.3 Å². The van der Waals surface area contributed by atoms with Gasteiger partial charge < -0.3 is 10.2 Å². The van der Waals surface area contributed by atoms with Crippen LogP contribution in [-0.2, 0) is 9.59 Å². The fourth-order valence-corrected chi connectivity index (χ4v) is 0.977. The minimum absolute atomic E-state index is 0.0965. The molecule has 0 heterocycles. The maximum atomic E-state index is 11.4. The van der Waals surface area contributed by atoms with Crippen molar-refractivity contribution in [1.29, 1.82) is 0 Å². The summed E-state index contributed by atoms with van der Waals surface area (Å²) in [5, 5.41) is 2.62. The van der Waals surface area contributed by atoms with Crippen LogP contribution in [0, 0.1) is 0 Å². The minimum atomic E-state index is -0.191. The van der Waals surface area contributed by atoms with E-state index in [1.165, 1.54) is 12.2 Å². The van der Waals surface area contributed by atoms with Crippen LogP contribution in [0.5, 0.6) is 0 Å². The molecular weight excluding hydrogens is 192 g/mol. The maximum absolute atomic E-state index is 11.4. The first kappa shape index (κ1) is 13.4. The summed E-state index contributed by atoms with van der Waals surface area (Å²) < 4.78 is 0. The third kappa shape index (κ3) is 5.67. The third-order valence-electron chi connectivity index (χ3n) is 1.76. The second-order valence-corrected chi connectivity index (χ2v) is 2.89. The van der Waals surface area contributed by atoms with E-state index in [9.17, 15) is 9.59 Å². The molecule has 2 amide bonds. The molecule has 0 aromatic carbocycles. The zero-order valence-corrected chi connectivity index (χ0v) is 9.49. The number of hydrogen-bond acceptors (Lipinski definition) is 2. The first-order chi connectivity index (χ1) is 7.15. The van der Waals surface area contributed by atoms with Crippen LogP contribution in [0.4, 0.5) is 0 Å². The lowest BCUT2D eigenvalue weighted by atomic mass is 10.4. The zero-order chi connectivity index (χ0) is 11.7. The Hall–Kier alpha value is -1.58. The summed E-state index contributed by atoms with van der Waals surface area (Å²) in [6.07, 6.45) is 6.23. The van der Waals surface area contributed by atoms with E-state index in [0.29, 0.717) is 6.54 Å². The Morgan fingerprint density at radius 1 is 1.20 bits per heavy atom. The standard InChI is InChI=1S/C11H18N2O2/c1-4-7-10(14)12-9-13(6-3)11(15)8-5-2/h4-5,7-8H,6,9H2,1-3H3,(H,12,14)/b7-4-,8-5+. The number of hydrogen-bond donors (Lipinski definition) is 1. The van der Waals surface area contributed by atoms with Gasteiger partial charge in [0.25, 0.3) is 0 Å². The molecule has 0 saturated heterocycles. The molecule has 0 atom stereocenters. The molecule has 0 aliphatic heterocycles. The number of nitrogens with zero attached hydrogens (tertiary/aromatic N) is 1. The normalized spacial score (nSPS) is 10.9. The lowest BCUT2D eigenvalue weighted by molar-refractivity contribution is -0.127. The number of amides is 2. The van der Waals surface area contributed by atoms with Gasteiger partial charge in [-0.25, -0.2) is 0 Å². The van der Waals surface area contributed by atoms with Crippen molar-refractivity contribution in [3.63, 3.8) is 0 Å². The van der Waals surface area contributed by atoms with E-state index < -0.39 is 0 Å². The number of carbonyl (C=O) groups excluding carboxylic acids is 2. The van der Waals surface area contributed by atoms with Crippen molar-refractivity contribution < 1.29 is 9.59 Å². The predicted molar refractivity (Wildman–Crippen MR) is 60.0 cm³/mol. The van der Waals surface area contributed by atoms with E-state index in [1.807, 2.05) is 6.92 Å². The lowest BCUT2D eigenvalue weighted by Gasteiger charge is -2.18. The molecule has 0 rings (SSSR count). The number of rotatable bonds is 5. The van der Waals surface area contributed by atoms with Gasteiger partial charge in [0.1, 0.15) is 0 Å². The van der Waals surface area contributed by atoms with Gasteiger partial charge in [0.15, 0.2) is 0 Å². The van der Waals surface area contributed by atoms with Crippen LogP contribution in [0.2, 0.25) is 0 Å². The molecule has 1 N–H and O–H groups in total. The van der Waals surface area contributed by atoms with Crippen LogP contribution in [-0.4, -0.2) is 29.9 Å². The van der Waals surface area contributed by atoms with Gasteiger partial charge in [-0.05, 0) is 32.9 Å². The van der Waals surface area contributed by atoms with Crippen molar-refractivity contribution in [3.8, 4) is 0 Å². The SMILES string of the molecule is C/C=C\C(=O)NCN(CC)C(=O)/C=C/C. The van der Waals surface area contributed by atoms with Crippen molar-refractivity contribution in [3.05, 3.63) is 24.3 Å². The van der Waals surface area contributed by atoms with Crippen molar-refractivity contribution >= 4 is 11.8 Å².